The normalized spacial score (nSPS) is 12.6. The van der Waals surface area contributed by atoms with E-state index in [-0.39, 0.29) is 5.69 Å². The number of hydrogen-bond acceptors (Lipinski definition) is 5. The SMILES string of the molecule is CC(/C=C/C(=O)O)Oc1ccc(Nc2ccc(C(F)(F)F)cc2[N+](=O)[O-])cc1. The summed E-state index contributed by atoms with van der Waals surface area (Å²) in [5.41, 5.74) is -1.52. The zero-order valence-electron chi connectivity index (χ0n) is 14.4. The van der Waals surface area contributed by atoms with E-state index in [1.54, 1.807) is 6.92 Å². The van der Waals surface area contributed by atoms with Gasteiger partial charge in [0.1, 0.15) is 17.5 Å². The molecule has 148 valence electrons. The first kappa shape index (κ1) is 20.7. The van der Waals surface area contributed by atoms with E-state index >= 15 is 0 Å². The van der Waals surface area contributed by atoms with Crippen LogP contribution in [0.4, 0.5) is 30.2 Å². The van der Waals surface area contributed by atoms with E-state index in [1.165, 1.54) is 30.3 Å². The van der Waals surface area contributed by atoms with Crippen molar-refractivity contribution in [1.82, 2.24) is 0 Å². The molecule has 28 heavy (non-hydrogen) atoms. The van der Waals surface area contributed by atoms with Crippen molar-refractivity contribution in [2.24, 2.45) is 0 Å². The second-order valence-corrected chi connectivity index (χ2v) is 5.66. The minimum atomic E-state index is -4.69. The smallest absolute Gasteiger partial charge is 0.416 e. The largest absolute Gasteiger partial charge is 0.487 e. The van der Waals surface area contributed by atoms with Crippen LogP contribution in [-0.2, 0) is 11.0 Å². The minimum absolute atomic E-state index is 0.0931. The van der Waals surface area contributed by atoms with Crippen molar-refractivity contribution in [2.75, 3.05) is 5.32 Å². The Kier molecular flexibility index (Phi) is 6.24. The van der Waals surface area contributed by atoms with E-state index in [0.717, 1.165) is 18.2 Å². The zero-order valence-corrected chi connectivity index (χ0v) is 14.4. The number of nitrogens with one attached hydrogen (secondary N) is 1. The van der Waals surface area contributed by atoms with Crippen LogP contribution in [0, 0.1) is 10.1 Å². The Hall–Kier alpha value is -3.56. The molecule has 2 N–H and O–H groups in total. The second-order valence-electron chi connectivity index (χ2n) is 5.66. The third-order valence-corrected chi connectivity index (χ3v) is 3.49. The molecule has 0 aliphatic carbocycles. The van der Waals surface area contributed by atoms with Crippen molar-refractivity contribution in [3.63, 3.8) is 0 Å². The number of aliphatic carboxylic acids is 1. The summed E-state index contributed by atoms with van der Waals surface area (Å²) in [7, 11) is 0. The zero-order chi connectivity index (χ0) is 20.9. The number of alkyl halides is 3. The molecule has 1 unspecified atom stereocenters. The van der Waals surface area contributed by atoms with Gasteiger partial charge in [0.2, 0.25) is 0 Å². The summed E-state index contributed by atoms with van der Waals surface area (Å²) in [6, 6.07) is 8.31. The molecule has 0 heterocycles. The highest BCUT2D eigenvalue weighted by Crippen LogP contribution is 2.36. The Morgan fingerprint density at radius 2 is 1.89 bits per heavy atom. The number of carbonyl (C=O) groups is 1. The van der Waals surface area contributed by atoms with Crippen LogP contribution < -0.4 is 10.1 Å². The van der Waals surface area contributed by atoms with Gasteiger partial charge >= 0.3 is 12.1 Å². The lowest BCUT2D eigenvalue weighted by Crippen LogP contribution is -2.09. The molecule has 0 fully saturated rings. The molecule has 10 heteroatoms. The fourth-order valence-electron chi connectivity index (χ4n) is 2.21. The highest BCUT2D eigenvalue weighted by atomic mass is 19.4. The summed E-state index contributed by atoms with van der Waals surface area (Å²) < 4.78 is 43.7. The first-order valence-corrected chi connectivity index (χ1v) is 7.87. The van der Waals surface area contributed by atoms with Gasteiger partial charge in [-0.25, -0.2) is 4.79 Å². The van der Waals surface area contributed by atoms with Crippen LogP contribution in [0.25, 0.3) is 0 Å². The molecule has 0 aliphatic rings. The molecule has 0 bridgehead atoms. The third kappa shape index (κ3) is 5.73. The summed E-state index contributed by atoms with van der Waals surface area (Å²) in [6.07, 6.45) is -2.90. The molecule has 0 aliphatic heterocycles. The first-order valence-electron chi connectivity index (χ1n) is 7.87. The van der Waals surface area contributed by atoms with Crippen LogP contribution in [0.5, 0.6) is 5.75 Å². The molecule has 1 atom stereocenters. The highest BCUT2D eigenvalue weighted by molar-refractivity contribution is 5.79. The van der Waals surface area contributed by atoms with E-state index in [0.29, 0.717) is 17.5 Å². The van der Waals surface area contributed by atoms with Gasteiger partial charge in [-0.1, -0.05) is 0 Å². The molecule has 7 nitrogen and oxygen atoms in total. The number of rotatable bonds is 7. The van der Waals surface area contributed by atoms with Gasteiger partial charge in [-0.2, -0.15) is 13.2 Å². The van der Waals surface area contributed by atoms with Crippen LogP contribution in [0.3, 0.4) is 0 Å². The predicted octanol–water partition coefficient (Wildman–Crippen LogP) is 4.77. The molecular formula is C18H15F3N2O5. The lowest BCUT2D eigenvalue weighted by atomic mass is 10.1. The fourth-order valence-corrected chi connectivity index (χ4v) is 2.21. The predicted molar refractivity (Wildman–Crippen MR) is 94.7 cm³/mol. The van der Waals surface area contributed by atoms with Gasteiger partial charge in [0.15, 0.2) is 0 Å². The molecule has 0 spiro atoms. The standard InChI is InChI=1S/C18H15F3N2O5/c1-11(2-9-17(24)25)28-14-6-4-13(5-7-14)22-15-8-3-12(18(19,20)21)10-16(15)23(26)27/h2-11,22H,1H3,(H,24,25)/b9-2+. The van der Waals surface area contributed by atoms with E-state index in [1.807, 2.05) is 0 Å². The fraction of sp³-hybridized carbons (Fsp3) is 0.167. The number of nitro groups is 1. The number of halogens is 3. The average Bonchev–Trinajstić information content (AvgIpc) is 2.61. The number of benzene rings is 2. The maximum atomic E-state index is 12.7. The van der Waals surface area contributed by atoms with Gasteiger partial charge in [0.25, 0.3) is 5.69 Å². The molecular weight excluding hydrogens is 381 g/mol. The van der Waals surface area contributed by atoms with Crippen LogP contribution in [-0.4, -0.2) is 22.1 Å². The Labute approximate surface area is 157 Å². The quantitative estimate of drug-likeness (QED) is 0.397. The van der Waals surface area contributed by atoms with Gasteiger partial charge in [-0.15, -0.1) is 0 Å². The molecule has 0 saturated carbocycles. The Balaban J connectivity index is 2.15. The van der Waals surface area contributed by atoms with Gasteiger partial charge in [-0.3, -0.25) is 10.1 Å². The van der Waals surface area contributed by atoms with Crippen molar-refractivity contribution in [1.29, 1.82) is 0 Å². The van der Waals surface area contributed by atoms with E-state index < -0.39 is 34.4 Å². The van der Waals surface area contributed by atoms with Crippen molar-refractivity contribution in [3.8, 4) is 5.75 Å². The topological polar surface area (TPSA) is 102 Å². The number of hydrogen-bond donors (Lipinski definition) is 2. The minimum Gasteiger partial charge on any atom is -0.487 e. The molecule has 0 radical (unpaired) electrons. The monoisotopic (exact) mass is 396 g/mol. The number of ether oxygens (including phenoxy) is 1. The third-order valence-electron chi connectivity index (χ3n) is 3.49. The maximum Gasteiger partial charge on any atom is 0.416 e. The van der Waals surface area contributed by atoms with Crippen molar-refractivity contribution in [2.45, 2.75) is 19.2 Å². The lowest BCUT2D eigenvalue weighted by molar-refractivity contribution is -0.384. The van der Waals surface area contributed by atoms with Gasteiger partial charge < -0.3 is 15.2 Å². The maximum absolute atomic E-state index is 12.7. The van der Waals surface area contributed by atoms with Crippen molar-refractivity contribution >= 4 is 23.0 Å². The van der Waals surface area contributed by atoms with Crippen molar-refractivity contribution < 1.29 is 32.7 Å². The first-order chi connectivity index (χ1) is 13.1. The summed E-state index contributed by atoms with van der Waals surface area (Å²) in [5.74, 6) is -0.692. The number of carboxylic acids is 1. The molecule has 2 rings (SSSR count). The Bertz CT molecular complexity index is 895. The number of nitro benzene ring substituents is 1. The van der Waals surface area contributed by atoms with Crippen LogP contribution in [0.1, 0.15) is 12.5 Å². The van der Waals surface area contributed by atoms with Crippen LogP contribution >= 0.6 is 0 Å². The summed E-state index contributed by atoms with van der Waals surface area (Å²) in [6.45, 7) is 1.64. The van der Waals surface area contributed by atoms with E-state index in [4.69, 9.17) is 9.84 Å². The Morgan fingerprint density at radius 1 is 1.25 bits per heavy atom. The van der Waals surface area contributed by atoms with E-state index in [9.17, 15) is 28.1 Å². The number of carboxylic acid groups (broad SMARTS) is 1. The molecule has 2 aromatic rings. The highest BCUT2D eigenvalue weighted by Gasteiger charge is 2.33. The Morgan fingerprint density at radius 3 is 2.43 bits per heavy atom. The summed E-state index contributed by atoms with van der Waals surface area (Å²) in [4.78, 5) is 20.7. The molecule has 0 saturated heterocycles. The van der Waals surface area contributed by atoms with Crippen molar-refractivity contribution in [3.05, 3.63) is 70.3 Å². The average molecular weight is 396 g/mol. The molecule has 0 aromatic heterocycles. The number of anilines is 2. The van der Waals surface area contributed by atoms with Gasteiger partial charge in [0.05, 0.1) is 10.5 Å². The summed E-state index contributed by atoms with van der Waals surface area (Å²) in [5, 5.41) is 22.4. The summed E-state index contributed by atoms with van der Waals surface area (Å²) >= 11 is 0. The van der Waals surface area contributed by atoms with E-state index in [2.05, 4.69) is 5.32 Å². The van der Waals surface area contributed by atoms with Gasteiger partial charge in [-0.05, 0) is 49.4 Å². The van der Waals surface area contributed by atoms with Crippen LogP contribution in [0.2, 0.25) is 0 Å². The second kappa shape index (κ2) is 8.42. The van der Waals surface area contributed by atoms with Gasteiger partial charge in [0, 0.05) is 17.8 Å². The van der Waals surface area contributed by atoms with Crippen LogP contribution in [0.15, 0.2) is 54.6 Å². The lowest BCUT2D eigenvalue weighted by Gasteiger charge is -2.13. The molecule has 0 amide bonds. The number of nitrogens with zero attached hydrogens (tertiary/aromatic N) is 1. The molecule has 2 aromatic carbocycles.